The highest BCUT2D eigenvalue weighted by Crippen LogP contribution is 2.34. The molecule has 1 amide bonds. The highest BCUT2D eigenvalue weighted by Gasteiger charge is 2.37. The number of piperidine rings is 1. The molecule has 2 aliphatic heterocycles. The normalized spacial score (nSPS) is 20.5. The molecule has 1 N–H and O–H groups in total. The molecule has 2 aromatic heterocycles. The first-order chi connectivity index (χ1) is 16.0. The third kappa shape index (κ3) is 4.81. The van der Waals surface area contributed by atoms with E-state index in [2.05, 4.69) is 45.8 Å². The van der Waals surface area contributed by atoms with Crippen LogP contribution in [0.1, 0.15) is 41.3 Å². The van der Waals surface area contributed by atoms with E-state index < -0.39 is 5.60 Å². The number of aryl methyl sites for hydroxylation is 1. The number of likely N-dealkylation sites (tertiary alicyclic amines) is 1. The van der Waals surface area contributed by atoms with Gasteiger partial charge in [-0.05, 0) is 54.8 Å². The van der Waals surface area contributed by atoms with Crippen LogP contribution >= 0.6 is 11.3 Å². The van der Waals surface area contributed by atoms with Gasteiger partial charge in [-0.15, -0.1) is 0 Å². The number of benzene rings is 1. The summed E-state index contributed by atoms with van der Waals surface area (Å²) < 4.78 is 6.39. The van der Waals surface area contributed by atoms with Crippen molar-refractivity contribution in [2.24, 2.45) is 0 Å². The van der Waals surface area contributed by atoms with E-state index >= 15 is 0 Å². The van der Waals surface area contributed by atoms with E-state index in [-0.39, 0.29) is 12.0 Å². The second-order valence-corrected chi connectivity index (χ2v) is 9.85. The second kappa shape index (κ2) is 9.25. The summed E-state index contributed by atoms with van der Waals surface area (Å²) in [4.78, 5) is 21.6. The largest absolute Gasteiger partial charge is 0.484 e. The predicted molar refractivity (Wildman–Crippen MR) is 128 cm³/mol. The number of thiophene rings is 1. The molecular weight excluding hydrogens is 434 g/mol. The third-order valence-corrected chi connectivity index (χ3v) is 7.36. The standard InChI is InChI=1S/C26H29N3O3S/c1-19-5-6-22-21(14-19)15-28(16-23(32-22)20-7-13-33-18-20)17-25(30)29-11-8-26(31,9-12-29)24-4-2-3-10-27-24/h2-7,10,13-14,18,23,31H,8-9,11-12,15-17H2,1H3/t23-/m0/s1. The molecule has 4 heterocycles. The molecular formula is C26H29N3O3S. The number of rotatable bonds is 4. The van der Waals surface area contributed by atoms with Crippen LogP contribution in [0.15, 0.2) is 59.4 Å². The van der Waals surface area contributed by atoms with Crippen molar-refractivity contribution in [1.29, 1.82) is 0 Å². The molecule has 0 unspecified atom stereocenters. The lowest BCUT2D eigenvalue weighted by Gasteiger charge is -2.38. The van der Waals surface area contributed by atoms with Gasteiger partial charge in [0.1, 0.15) is 17.5 Å². The summed E-state index contributed by atoms with van der Waals surface area (Å²) in [5, 5.41) is 15.2. The number of hydrogen-bond acceptors (Lipinski definition) is 6. The topological polar surface area (TPSA) is 65.9 Å². The second-order valence-electron chi connectivity index (χ2n) is 9.07. The number of carbonyl (C=O) groups is 1. The third-order valence-electron chi connectivity index (χ3n) is 6.66. The van der Waals surface area contributed by atoms with Gasteiger partial charge in [0.25, 0.3) is 0 Å². The van der Waals surface area contributed by atoms with Crippen LogP contribution in [0.4, 0.5) is 0 Å². The summed E-state index contributed by atoms with van der Waals surface area (Å²) >= 11 is 1.66. The van der Waals surface area contributed by atoms with Crippen LogP contribution in [0.2, 0.25) is 0 Å². The fraction of sp³-hybridized carbons (Fsp3) is 0.385. The smallest absolute Gasteiger partial charge is 0.236 e. The first-order valence-corrected chi connectivity index (χ1v) is 12.4. The number of pyridine rings is 1. The van der Waals surface area contributed by atoms with E-state index in [9.17, 15) is 9.90 Å². The first-order valence-electron chi connectivity index (χ1n) is 11.4. The molecule has 0 saturated carbocycles. The van der Waals surface area contributed by atoms with Gasteiger partial charge in [-0.1, -0.05) is 23.8 Å². The van der Waals surface area contributed by atoms with Gasteiger partial charge in [-0.3, -0.25) is 14.7 Å². The van der Waals surface area contributed by atoms with E-state index in [0.717, 1.165) is 16.9 Å². The Bertz CT molecular complexity index is 1100. The lowest BCUT2D eigenvalue weighted by Crippen LogP contribution is -2.48. The lowest BCUT2D eigenvalue weighted by molar-refractivity contribution is -0.137. The number of hydrogen-bond donors (Lipinski definition) is 1. The number of nitrogens with zero attached hydrogens (tertiary/aromatic N) is 3. The summed E-state index contributed by atoms with van der Waals surface area (Å²) in [6.45, 7) is 4.80. The van der Waals surface area contributed by atoms with Gasteiger partial charge in [0.05, 0.1) is 12.2 Å². The minimum absolute atomic E-state index is 0.0956. The Morgan fingerprint density at radius 1 is 1.24 bits per heavy atom. The molecule has 0 radical (unpaired) electrons. The maximum atomic E-state index is 13.2. The van der Waals surface area contributed by atoms with Crippen molar-refractivity contribution in [1.82, 2.24) is 14.8 Å². The molecule has 0 aliphatic carbocycles. The highest BCUT2D eigenvalue weighted by molar-refractivity contribution is 7.07. The van der Waals surface area contributed by atoms with E-state index in [4.69, 9.17) is 4.74 Å². The number of ether oxygens (including phenoxy) is 1. The van der Waals surface area contributed by atoms with Crippen molar-refractivity contribution >= 4 is 17.2 Å². The number of fused-ring (bicyclic) bond motifs is 1. The van der Waals surface area contributed by atoms with E-state index in [1.807, 2.05) is 29.2 Å². The molecule has 2 aliphatic rings. The van der Waals surface area contributed by atoms with Crippen molar-refractivity contribution in [3.05, 3.63) is 81.8 Å². The van der Waals surface area contributed by atoms with Crippen LogP contribution in [0.5, 0.6) is 5.75 Å². The van der Waals surface area contributed by atoms with E-state index in [1.165, 1.54) is 5.56 Å². The Morgan fingerprint density at radius 3 is 2.82 bits per heavy atom. The Hall–Kier alpha value is -2.74. The van der Waals surface area contributed by atoms with Crippen LogP contribution in [0.3, 0.4) is 0 Å². The molecule has 5 rings (SSSR count). The van der Waals surface area contributed by atoms with E-state index in [0.29, 0.717) is 51.3 Å². The number of carbonyl (C=O) groups excluding carboxylic acids is 1. The quantitative estimate of drug-likeness (QED) is 0.636. The fourth-order valence-electron chi connectivity index (χ4n) is 4.74. The van der Waals surface area contributed by atoms with Crippen molar-refractivity contribution < 1.29 is 14.6 Å². The Kier molecular flexibility index (Phi) is 6.19. The zero-order valence-corrected chi connectivity index (χ0v) is 19.6. The van der Waals surface area contributed by atoms with Gasteiger partial charge in [0.2, 0.25) is 5.91 Å². The molecule has 172 valence electrons. The Balaban J connectivity index is 1.28. The molecule has 1 atom stereocenters. The zero-order chi connectivity index (χ0) is 22.8. The number of aromatic nitrogens is 1. The van der Waals surface area contributed by atoms with Crippen LogP contribution in [-0.2, 0) is 16.9 Å². The van der Waals surface area contributed by atoms with Crippen molar-refractivity contribution in [3.63, 3.8) is 0 Å². The minimum Gasteiger partial charge on any atom is -0.484 e. The zero-order valence-electron chi connectivity index (χ0n) is 18.8. The molecule has 3 aromatic rings. The van der Waals surface area contributed by atoms with Crippen molar-refractivity contribution in [2.75, 3.05) is 26.2 Å². The maximum Gasteiger partial charge on any atom is 0.236 e. The van der Waals surface area contributed by atoms with Crippen LogP contribution in [0, 0.1) is 6.92 Å². The average Bonchev–Trinajstić information content (AvgIpc) is 3.30. The van der Waals surface area contributed by atoms with Crippen LogP contribution < -0.4 is 4.74 Å². The van der Waals surface area contributed by atoms with Gasteiger partial charge < -0.3 is 14.7 Å². The maximum absolute atomic E-state index is 13.2. The molecule has 1 saturated heterocycles. The molecule has 6 nitrogen and oxygen atoms in total. The summed E-state index contributed by atoms with van der Waals surface area (Å²) in [5.41, 5.74) is 3.16. The number of amides is 1. The molecule has 1 aromatic carbocycles. The molecule has 33 heavy (non-hydrogen) atoms. The fourth-order valence-corrected chi connectivity index (χ4v) is 5.44. The minimum atomic E-state index is -0.963. The summed E-state index contributed by atoms with van der Waals surface area (Å²) in [6, 6.07) is 14.0. The van der Waals surface area contributed by atoms with Crippen molar-refractivity contribution in [3.8, 4) is 5.75 Å². The summed E-state index contributed by atoms with van der Waals surface area (Å²) in [7, 11) is 0. The van der Waals surface area contributed by atoms with Gasteiger partial charge >= 0.3 is 0 Å². The Labute approximate surface area is 198 Å². The monoisotopic (exact) mass is 463 g/mol. The summed E-state index contributed by atoms with van der Waals surface area (Å²) in [6.07, 6.45) is 2.59. The summed E-state index contributed by atoms with van der Waals surface area (Å²) in [5.74, 6) is 0.989. The van der Waals surface area contributed by atoms with Crippen LogP contribution in [-0.4, -0.2) is 52.0 Å². The number of aliphatic hydroxyl groups is 1. The molecule has 0 spiro atoms. The van der Waals surface area contributed by atoms with Crippen molar-refractivity contribution in [2.45, 2.75) is 38.0 Å². The lowest BCUT2D eigenvalue weighted by atomic mass is 9.87. The van der Waals surface area contributed by atoms with Gasteiger partial charge in [-0.2, -0.15) is 11.3 Å². The molecule has 7 heteroatoms. The predicted octanol–water partition coefficient (Wildman–Crippen LogP) is 3.90. The molecule has 1 fully saturated rings. The van der Waals surface area contributed by atoms with Crippen LogP contribution in [0.25, 0.3) is 0 Å². The van der Waals surface area contributed by atoms with Gasteiger partial charge in [0.15, 0.2) is 0 Å². The first kappa shape index (κ1) is 22.1. The van der Waals surface area contributed by atoms with Gasteiger partial charge in [-0.25, -0.2) is 0 Å². The highest BCUT2D eigenvalue weighted by atomic mass is 32.1. The van der Waals surface area contributed by atoms with Gasteiger partial charge in [0, 0.05) is 43.5 Å². The van der Waals surface area contributed by atoms with E-state index in [1.54, 1.807) is 17.5 Å². The molecule has 0 bridgehead atoms. The average molecular weight is 464 g/mol. The Morgan fingerprint density at radius 2 is 2.09 bits per heavy atom. The SMILES string of the molecule is Cc1ccc2c(c1)CN(CC(=O)N1CCC(O)(c3ccccn3)CC1)C[C@@H](c1ccsc1)O2.